The van der Waals surface area contributed by atoms with Crippen LogP contribution < -0.4 is 0 Å². The second kappa shape index (κ2) is 11.3. The standard InChI is InChI=1S/C9H36O9Si9/c1-23-13-21-11-19-10-20-12-22-14-24(2,3)16-26(6,7)18-27(8,9)17-25(4,5)15-23/h23H,19-22H2,1-9H3. The SMILES string of the molecule is C[SiH]1O[SiH2]O[SiH2]O[SiH2]O[SiH2]O[Si](C)(C)O[Si](C)(C)O[Si](C)(C)O[Si](C)(C)O1. The summed E-state index contributed by atoms with van der Waals surface area (Å²) in [4.78, 5) is 0. The predicted octanol–water partition coefficient (Wildman–Crippen LogP) is -1.20. The van der Waals surface area contributed by atoms with E-state index in [1.165, 1.54) is 0 Å². The van der Waals surface area contributed by atoms with Crippen molar-refractivity contribution >= 4 is 83.6 Å². The van der Waals surface area contributed by atoms with E-state index in [0.29, 0.717) is 0 Å². The minimum Gasteiger partial charge on any atom is -0.425 e. The van der Waals surface area contributed by atoms with Gasteiger partial charge in [-0.25, -0.2) is 0 Å². The number of hydrogen-bond donors (Lipinski definition) is 0. The average molecular weight is 541 g/mol. The van der Waals surface area contributed by atoms with Gasteiger partial charge in [0, 0.05) is 0 Å². The van der Waals surface area contributed by atoms with E-state index in [1.54, 1.807) is 0 Å². The number of rotatable bonds is 0. The van der Waals surface area contributed by atoms with Crippen LogP contribution in [0.25, 0.3) is 0 Å². The Labute approximate surface area is 179 Å². The minimum atomic E-state index is -2.44. The van der Waals surface area contributed by atoms with Crippen molar-refractivity contribution in [2.75, 3.05) is 0 Å². The van der Waals surface area contributed by atoms with Crippen molar-refractivity contribution in [1.82, 2.24) is 0 Å². The zero-order valence-corrected chi connectivity index (χ0v) is 28.9. The van der Waals surface area contributed by atoms with E-state index < -0.39 is 83.6 Å². The van der Waals surface area contributed by atoms with Crippen molar-refractivity contribution in [2.45, 2.75) is 58.9 Å². The van der Waals surface area contributed by atoms with Crippen molar-refractivity contribution in [3.8, 4) is 0 Å². The maximum Gasteiger partial charge on any atom is 0.314 e. The van der Waals surface area contributed by atoms with Crippen LogP contribution in [0, 0.1) is 0 Å². The fourth-order valence-corrected chi connectivity index (χ4v) is 31.7. The van der Waals surface area contributed by atoms with Gasteiger partial charge in [0.05, 0.1) is 0 Å². The van der Waals surface area contributed by atoms with Crippen molar-refractivity contribution in [1.29, 1.82) is 0 Å². The summed E-state index contributed by atoms with van der Waals surface area (Å²) in [6.45, 7) is 18.4. The molecule has 0 aromatic rings. The average Bonchev–Trinajstić information content (AvgIpc) is 2.39. The van der Waals surface area contributed by atoms with Crippen LogP contribution in [0.4, 0.5) is 0 Å². The topological polar surface area (TPSA) is 83.1 Å². The fraction of sp³-hybridized carbons (Fsp3) is 1.00. The van der Waals surface area contributed by atoms with Crippen molar-refractivity contribution in [3.63, 3.8) is 0 Å². The van der Waals surface area contributed by atoms with E-state index in [2.05, 4.69) is 0 Å². The molecular weight excluding hydrogens is 505 g/mol. The molecule has 0 radical (unpaired) electrons. The van der Waals surface area contributed by atoms with Gasteiger partial charge in [0.1, 0.15) is 0 Å². The van der Waals surface area contributed by atoms with Crippen molar-refractivity contribution in [3.05, 3.63) is 0 Å². The first-order valence-electron chi connectivity index (χ1n) is 8.99. The third kappa shape index (κ3) is 12.8. The molecule has 1 rings (SSSR count). The predicted molar refractivity (Wildman–Crippen MR) is 127 cm³/mol. The molecule has 1 fully saturated rings. The molecular formula is C9H36O9Si9. The summed E-state index contributed by atoms with van der Waals surface area (Å²) < 4.78 is 54.0. The van der Waals surface area contributed by atoms with Gasteiger partial charge < -0.3 is 37.0 Å². The second-order valence-electron chi connectivity index (χ2n) is 7.99. The minimum absolute atomic E-state index is 1.01. The zero-order chi connectivity index (χ0) is 20.8. The lowest BCUT2D eigenvalue weighted by Gasteiger charge is -2.40. The molecule has 1 heterocycles. The Bertz CT molecular complexity index is 453. The summed E-state index contributed by atoms with van der Waals surface area (Å²) in [6, 6.07) is 0. The maximum atomic E-state index is 6.44. The normalized spacial score (nSPS) is 34.3. The zero-order valence-electron chi connectivity index (χ0n) is 18.1. The molecule has 1 aliphatic rings. The van der Waals surface area contributed by atoms with Gasteiger partial charge in [-0.1, -0.05) is 0 Å². The van der Waals surface area contributed by atoms with Crippen molar-refractivity contribution < 1.29 is 37.0 Å². The van der Waals surface area contributed by atoms with Gasteiger partial charge in [0.15, 0.2) is 0 Å². The molecule has 0 aromatic carbocycles. The number of hydrogen-bond acceptors (Lipinski definition) is 9. The molecule has 1 atom stereocenters. The molecule has 18 heteroatoms. The quantitative estimate of drug-likeness (QED) is 0.352. The fourth-order valence-electron chi connectivity index (χ4n) is 2.85. The molecule has 0 spiro atoms. The monoisotopic (exact) mass is 540 g/mol. The van der Waals surface area contributed by atoms with E-state index in [9.17, 15) is 0 Å². The third-order valence-electron chi connectivity index (χ3n) is 3.13. The van der Waals surface area contributed by atoms with Crippen LogP contribution in [0.3, 0.4) is 0 Å². The molecule has 162 valence electrons. The van der Waals surface area contributed by atoms with Gasteiger partial charge in [-0.05, 0) is 58.9 Å². The lowest BCUT2D eigenvalue weighted by molar-refractivity contribution is 0.272. The van der Waals surface area contributed by atoms with Crippen molar-refractivity contribution in [2.24, 2.45) is 0 Å². The molecule has 1 unspecified atom stereocenters. The molecule has 1 saturated heterocycles. The Kier molecular flexibility index (Phi) is 11.1. The highest BCUT2D eigenvalue weighted by Gasteiger charge is 2.45. The highest BCUT2D eigenvalue weighted by molar-refractivity contribution is 6.88. The van der Waals surface area contributed by atoms with Crippen LogP contribution >= 0.6 is 0 Å². The van der Waals surface area contributed by atoms with E-state index in [-0.39, 0.29) is 0 Å². The van der Waals surface area contributed by atoms with E-state index in [1.807, 2.05) is 58.9 Å². The maximum absolute atomic E-state index is 6.44. The smallest absolute Gasteiger partial charge is 0.314 e. The molecule has 0 N–H and O–H groups in total. The Morgan fingerprint density at radius 2 is 1.00 bits per heavy atom. The molecule has 0 aliphatic carbocycles. The van der Waals surface area contributed by atoms with Crippen LogP contribution in [0.2, 0.25) is 58.9 Å². The highest BCUT2D eigenvalue weighted by Crippen LogP contribution is 2.25. The summed E-state index contributed by atoms with van der Waals surface area (Å²) in [6.07, 6.45) is 0. The summed E-state index contributed by atoms with van der Waals surface area (Å²) in [5.74, 6) is 0. The summed E-state index contributed by atoms with van der Waals surface area (Å²) >= 11 is 0. The van der Waals surface area contributed by atoms with Gasteiger partial charge in [-0.3, -0.25) is 0 Å². The molecule has 1 aliphatic heterocycles. The summed E-state index contributed by atoms with van der Waals surface area (Å²) in [5.41, 5.74) is 0. The summed E-state index contributed by atoms with van der Waals surface area (Å²) in [7, 11) is -15.6. The van der Waals surface area contributed by atoms with E-state index in [0.717, 1.165) is 0 Å². The van der Waals surface area contributed by atoms with Gasteiger partial charge in [-0.2, -0.15) is 0 Å². The molecule has 0 bridgehead atoms. The van der Waals surface area contributed by atoms with Crippen LogP contribution in [0.15, 0.2) is 0 Å². The molecule has 0 saturated carbocycles. The van der Waals surface area contributed by atoms with E-state index >= 15 is 0 Å². The first-order valence-corrected chi connectivity index (χ1v) is 27.0. The highest BCUT2D eigenvalue weighted by atomic mass is 28.5. The Morgan fingerprint density at radius 3 is 1.59 bits per heavy atom. The lowest BCUT2D eigenvalue weighted by Crippen LogP contribution is -2.58. The van der Waals surface area contributed by atoms with Crippen LogP contribution in [-0.4, -0.2) is 83.6 Å². The van der Waals surface area contributed by atoms with Gasteiger partial charge in [0.2, 0.25) is 0 Å². The third-order valence-corrected chi connectivity index (χ3v) is 28.2. The Balaban J connectivity index is 2.83. The van der Waals surface area contributed by atoms with Crippen LogP contribution in [-0.2, 0) is 37.0 Å². The molecule has 27 heavy (non-hydrogen) atoms. The Morgan fingerprint density at radius 1 is 0.556 bits per heavy atom. The first-order chi connectivity index (χ1) is 12.2. The molecule has 0 amide bonds. The van der Waals surface area contributed by atoms with Crippen LogP contribution in [0.5, 0.6) is 0 Å². The largest absolute Gasteiger partial charge is 0.425 e. The molecule has 9 nitrogen and oxygen atoms in total. The van der Waals surface area contributed by atoms with Gasteiger partial charge in [0.25, 0.3) is 49.3 Å². The van der Waals surface area contributed by atoms with E-state index in [4.69, 9.17) is 37.0 Å². The Hall–Kier alpha value is 1.59. The first kappa shape index (κ1) is 26.6. The van der Waals surface area contributed by atoms with Gasteiger partial charge >= 0.3 is 34.2 Å². The van der Waals surface area contributed by atoms with Gasteiger partial charge in [-0.15, -0.1) is 0 Å². The lowest BCUT2D eigenvalue weighted by atomic mass is 11.9. The van der Waals surface area contributed by atoms with Crippen LogP contribution in [0.1, 0.15) is 0 Å². The summed E-state index contributed by atoms with van der Waals surface area (Å²) in [5, 5.41) is 0. The molecule has 0 aromatic heterocycles. The second-order valence-corrected chi connectivity index (χ2v) is 32.0.